The second-order valence-corrected chi connectivity index (χ2v) is 8.28. The van der Waals surface area contributed by atoms with E-state index in [-0.39, 0.29) is 5.91 Å². The third-order valence-corrected chi connectivity index (χ3v) is 6.54. The molecule has 0 spiro atoms. The van der Waals surface area contributed by atoms with Crippen molar-refractivity contribution in [2.75, 3.05) is 29.9 Å². The average molecular weight is 377 g/mol. The van der Waals surface area contributed by atoms with Crippen LogP contribution in [0.1, 0.15) is 43.2 Å². The number of amides is 1. The number of pyridine rings is 1. The SMILES string of the molecule is O=C1CCCN1c1ccc(Nc2ccc3c(c2)CCN(C2CCC2)CC3)nc1. The summed E-state index contributed by atoms with van der Waals surface area (Å²) < 4.78 is 0. The fourth-order valence-electron chi connectivity index (χ4n) is 4.63. The van der Waals surface area contributed by atoms with E-state index in [0.717, 1.165) is 49.0 Å². The third kappa shape index (κ3) is 3.51. The molecule has 3 heterocycles. The van der Waals surface area contributed by atoms with Gasteiger partial charge in [0, 0.05) is 37.8 Å². The van der Waals surface area contributed by atoms with Crippen molar-refractivity contribution < 1.29 is 4.79 Å². The van der Waals surface area contributed by atoms with Gasteiger partial charge in [0.15, 0.2) is 0 Å². The number of anilines is 3. The first-order chi connectivity index (χ1) is 13.8. The molecule has 0 bridgehead atoms. The normalized spacial score (nSPS) is 20.6. The maximum atomic E-state index is 11.9. The highest BCUT2D eigenvalue weighted by Crippen LogP contribution is 2.29. The van der Waals surface area contributed by atoms with Gasteiger partial charge in [-0.1, -0.05) is 12.5 Å². The summed E-state index contributed by atoms with van der Waals surface area (Å²) in [6, 6.07) is 11.5. The number of fused-ring (bicyclic) bond motifs is 1. The quantitative estimate of drug-likeness (QED) is 0.879. The van der Waals surface area contributed by atoms with Gasteiger partial charge in [-0.15, -0.1) is 0 Å². The zero-order valence-electron chi connectivity index (χ0n) is 16.4. The maximum absolute atomic E-state index is 11.9. The zero-order chi connectivity index (χ0) is 18.9. The van der Waals surface area contributed by atoms with E-state index >= 15 is 0 Å². The number of nitrogens with one attached hydrogen (secondary N) is 1. The van der Waals surface area contributed by atoms with Crippen molar-refractivity contribution in [3.63, 3.8) is 0 Å². The van der Waals surface area contributed by atoms with Crippen LogP contribution in [0.5, 0.6) is 0 Å². The highest BCUT2D eigenvalue weighted by Gasteiger charge is 2.26. The molecule has 5 rings (SSSR count). The molecule has 0 atom stereocenters. The summed E-state index contributed by atoms with van der Waals surface area (Å²) in [5.74, 6) is 1.02. The van der Waals surface area contributed by atoms with Crippen molar-refractivity contribution in [1.29, 1.82) is 0 Å². The molecule has 3 aliphatic rings. The molecule has 1 saturated carbocycles. The molecule has 2 aliphatic heterocycles. The van der Waals surface area contributed by atoms with Crippen LogP contribution in [0.4, 0.5) is 17.2 Å². The molecular weight excluding hydrogens is 348 g/mol. The highest BCUT2D eigenvalue weighted by atomic mass is 16.2. The van der Waals surface area contributed by atoms with E-state index in [0.29, 0.717) is 6.42 Å². The van der Waals surface area contributed by atoms with E-state index in [9.17, 15) is 4.79 Å². The number of carbonyl (C=O) groups is 1. The lowest BCUT2D eigenvalue weighted by molar-refractivity contribution is -0.117. The molecule has 28 heavy (non-hydrogen) atoms. The van der Waals surface area contributed by atoms with Crippen molar-refractivity contribution in [3.05, 3.63) is 47.7 Å². The number of carbonyl (C=O) groups excluding carboxylic acids is 1. The lowest BCUT2D eigenvalue weighted by Crippen LogP contribution is -2.41. The first-order valence-corrected chi connectivity index (χ1v) is 10.7. The first-order valence-electron chi connectivity index (χ1n) is 10.7. The van der Waals surface area contributed by atoms with E-state index < -0.39 is 0 Å². The summed E-state index contributed by atoms with van der Waals surface area (Å²) in [5.41, 5.74) is 4.94. The van der Waals surface area contributed by atoms with Crippen LogP contribution < -0.4 is 10.2 Å². The Labute approximate surface area is 166 Å². The minimum Gasteiger partial charge on any atom is -0.340 e. The fraction of sp³-hybridized carbons (Fsp3) is 0.478. The summed E-state index contributed by atoms with van der Waals surface area (Å²) in [6.45, 7) is 3.18. The lowest BCUT2D eigenvalue weighted by Gasteiger charge is -2.36. The average Bonchev–Trinajstić information content (AvgIpc) is 2.99. The van der Waals surface area contributed by atoms with Crippen LogP contribution in [-0.2, 0) is 17.6 Å². The maximum Gasteiger partial charge on any atom is 0.227 e. The van der Waals surface area contributed by atoms with Gasteiger partial charge in [0.05, 0.1) is 11.9 Å². The number of hydrogen-bond acceptors (Lipinski definition) is 4. The summed E-state index contributed by atoms with van der Waals surface area (Å²) in [5, 5.41) is 3.43. The van der Waals surface area contributed by atoms with Crippen LogP contribution in [0.3, 0.4) is 0 Å². The Balaban J connectivity index is 1.26. The summed E-state index contributed by atoms with van der Waals surface area (Å²) >= 11 is 0. The molecule has 0 unspecified atom stereocenters. The van der Waals surface area contributed by atoms with Crippen LogP contribution in [0.2, 0.25) is 0 Å². The van der Waals surface area contributed by atoms with Crippen molar-refractivity contribution in [1.82, 2.24) is 9.88 Å². The molecule has 2 fully saturated rings. The van der Waals surface area contributed by atoms with E-state index in [1.807, 2.05) is 17.0 Å². The molecular formula is C23H28N4O. The van der Waals surface area contributed by atoms with E-state index in [4.69, 9.17) is 0 Å². The molecule has 0 radical (unpaired) electrons. The van der Waals surface area contributed by atoms with Gasteiger partial charge in [-0.25, -0.2) is 4.98 Å². The Bertz CT molecular complexity index is 859. The highest BCUT2D eigenvalue weighted by molar-refractivity contribution is 5.95. The molecule has 1 aromatic heterocycles. The van der Waals surface area contributed by atoms with Gasteiger partial charge in [0.1, 0.15) is 5.82 Å². The van der Waals surface area contributed by atoms with E-state index in [1.165, 1.54) is 43.5 Å². The van der Waals surface area contributed by atoms with Gasteiger partial charge in [-0.2, -0.15) is 0 Å². The second kappa shape index (κ2) is 7.55. The molecule has 1 aliphatic carbocycles. The van der Waals surface area contributed by atoms with Crippen LogP contribution in [0.15, 0.2) is 36.5 Å². The largest absolute Gasteiger partial charge is 0.340 e. The third-order valence-electron chi connectivity index (χ3n) is 6.54. The summed E-state index contributed by atoms with van der Waals surface area (Å²) in [7, 11) is 0. The van der Waals surface area contributed by atoms with Gasteiger partial charge in [0.2, 0.25) is 5.91 Å². The van der Waals surface area contributed by atoms with Crippen LogP contribution in [-0.4, -0.2) is 41.5 Å². The monoisotopic (exact) mass is 376 g/mol. The molecule has 1 saturated heterocycles. The Kier molecular flexibility index (Phi) is 4.77. The fourth-order valence-corrected chi connectivity index (χ4v) is 4.63. The standard InChI is InChI=1S/C23H28N4O/c28-23-5-2-12-27(23)21-8-9-22(24-16-21)25-19-7-6-17-10-13-26(20-3-1-4-20)14-11-18(17)15-19/h6-9,15-16,20H,1-5,10-14H2,(H,24,25). The predicted molar refractivity (Wildman–Crippen MR) is 112 cm³/mol. The van der Waals surface area contributed by atoms with Crippen molar-refractivity contribution >= 4 is 23.1 Å². The number of hydrogen-bond donors (Lipinski definition) is 1. The number of aromatic nitrogens is 1. The minimum absolute atomic E-state index is 0.198. The summed E-state index contributed by atoms with van der Waals surface area (Å²) in [4.78, 5) is 20.9. The molecule has 5 heteroatoms. The molecule has 1 aromatic carbocycles. The predicted octanol–water partition coefficient (Wildman–Crippen LogP) is 3.91. The Morgan fingerprint density at radius 1 is 0.929 bits per heavy atom. The van der Waals surface area contributed by atoms with Gasteiger partial charge < -0.3 is 10.2 Å². The van der Waals surface area contributed by atoms with Gasteiger partial charge in [0.25, 0.3) is 0 Å². The van der Waals surface area contributed by atoms with Crippen LogP contribution in [0.25, 0.3) is 0 Å². The van der Waals surface area contributed by atoms with Gasteiger partial charge in [-0.3, -0.25) is 9.69 Å². The topological polar surface area (TPSA) is 48.5 Å². The van der Waals surface area contributed by atoms with Crippen LogP contribution >= 0.6 is 0 Å². The number of nitrogens with zero attached hydrogens (tertiary/aromatic N) is 3. The minimum atomic E-state index is 0.198. The number of benzene rings is 1. The summed E-state index contributed by atoms with van der Waals surface area (Å²) in [6.07, 6.45) is 9.83. The van der Waals surface area contributed by atoms with Gasteiger partial charge >= 0.3 is 0 Å². The van der Waals surface area contributed by atoms with Crippen LogP contribution in [0, 0.1) is 0 Å². The molecule has 146 valence electrons. The van der Waals surface area contributed by atoms with Crippen molar-refractivity contribution in [2.45, 2.75) is 51.0 Å². The molecule has 5 nitrogen and oxygen atoms in total. The Morgan fingerprint density at radius 2 is 1.79 bits per heavy atom. The van der Waals surface area contributed by atoms with E-state index in [1.54, 1.807) is 6.20 Å². The Morgan fingerprint density at radius 3 is 2.46 bits per heavy atom. The second-order valence-electron chi connectivity index (χ2n) is 8.28. The van der Waals surface area contributed by atoms with E-state index in [2.05, 4.69) is 33.4 Å². The van der Waals surface area contributed by atoms with Gasteiger partial charge in [-0.05, 0) is 67.5 Å². The molecule has 1 amide bonds. The molecule has 1 N–H and O–H groups in total. The zero-order valence-corrected chi connectivity index (χ0v) is 16.4. The lowest BCUT2D eigenvalue weighted by atomic mass is 9.91. The number of rotatable bonds is 4. The molecule has 2 aromatic rings. The smallest absolute Gasteiger partial charge is 0.227 e. The van der Waals surface area contributed by atoms with Crippen molar-refractivity contribution in [2.24, 2.45) is 0 Å². The van der Waals surface area contributed by atoms with Crippen molar-refractivity contribution in [3.8, 4) is 0 Å². The first kappa shape index (κ1) is 17.7. The Hall–Kier alpha value is -2.40.